The normalized spacial score (nSPS) is 21.9. The number of hydrogen-bond donors (Lipinski definition) is 0. The number of alkyl halides is 1. The Bertz CT molecular complexity index is 2340. The van der Waals surface area contributed by atoms with E-state index in [1.54, 1.807) is 65.3 Å². The van der Waals surface area contributed by atoms with Crippen molar-refractivity contribution in [3.8, 4) is 29.6 Å². The van der Waals surface area contributed by atoms with Crippen molar-refractivity contribution in [2.45, 2.75) is 37.4 Å². The van der Waals surface area contributed by atoms with Gasteiger partial charge in [0.25, 0.3) is 0 Å². The minimum Gasteiger partial charge on any atom is -0.443 e. The highest BCUT2D eigenvalue weighted by Gasteiger charge is 2.49. The van der Waals surface area contributed by atoms with Crippen LogP contribution < -0.4 is 4.74 Å². The van der Waals surface area contributed by atoms with E-state index < -0.39 is 23.3 Å². The molecule has 3 atom stereocenters. The Morgan fingerprint density at radius 2 is 1.98 bits per heavy atom. The number of hydrogen-bond acceptors (Lipinski definition) is 7. The van der Waals surface area contributed by atoms with E-state index in [4.69, 9.17) is 16.1 Å². The second kappa shape index (κ2) is 14.0. The topological polar surface area (TPSA) is 87.3 Å². The Balaban J connectivity index is 1.16. The molecule has 2 aromatic carbocycles. The van der Waals surface area contributed by atoms with Gasteiger partial charge in [0.2, 0.25) is 5.91 Å². The predicted octanol–water partition coefficient (Wildman–Crippen LogP) is 6.36. The van der Waals surface area contributed by atoms with Gasteiger partial charge in [0.1, 0.15) is 35.2 Å². The van der Waals surface area contributed by atoms with Crippen LogP contribution in [-0.2, 0) is 4.79 Å². The summed E-state index contributed by atoms with van der Waals surface area (Å²) in [6.07, 6.45) is 17.7. The Kier molecular flexibility index (Phi) is 9.12. The van der Waals surface area contributed by atoms with Crippen LogP contribution in [0.25, 0.3) is 39.0 Å². The van der Waals surface area contributed by atoms with Crippen LogP contribution in [0.5, 0.6) is 6.01 Å². The van der Waals surface area contributed by atoms with E-state index in [2.05, 4.69) is 25.8 Å². The minimum atomic E-state index is -0.943. The number of terminal acetylenes is 1. The first kappa shape index (κ1) is 34.4. The molecule has 0 radical (unpaired) electrons. The van der Waals surface area contributed by atoms with Crippen molar-refractivity contribution < 1.29 is 27.3 Å². The van der Waals surface area contributed by atoms with Gasteiger partial charge in [-0.2, -0.15) is 4.98 Å². The highest BCUT2D eigenvalue weighted by Crippen LogP contribution is 2.41. The molecule has 3 aromatic heterocycles. The molecule has 268 valence electrons. The minimum absolute atomic E-state index is 0.0107. The van der Waals surface area contributed by atoms with Gasteiger partial charge in [-0.1, -0.05) is 30.2 Å². The molecule has 5 aromatic rings. The number of likely N-dealkylation sites (tertiary alicyclic amines) is 1. The fourth-order valence-electron chi connectivity index (χ4n) is 8.13. The van der Waals surface area contributed by atoms with Gasteiger partial charge >= 0.3 is 11.8 Å². The molecule has 0 spiro atoms. The molecular formula is C41H37F3N7O2+. The van der Waals surface area contributed by atoms with Gasteiger partial charge < -0.3 is 9.64 Å². The Morgan fingerprint density at radius 3 is 2.81 bits per heavy atom. The van der Waals surface area contributed by atoms with E-state index in [1.807, 2.05) is 18.3 Å². The van der Waals surface area contributed by atoms with Gasteiger partial charge in [0.05, 0.1) is 24.4 Å². The summed E-state index contributed by atoms with van der Waals surface area (Å²) in [5.74, 6) is 1.34. The van der Waals surface area contributed by atoms with Crippen molar-refractivity contribution in [1.82, 2.24) is 29.7 Å². The maximum Gasteiger partial charge on any atom is 0.434 e. The van der Waals surface area contributed by atoms with Crippen LogP contribution in [0.3, 0.4) is 0 Å². The van der Waals surface area contributed by atoms with Gasteiger partial charge in [-0.05, 0) is 61.0 Å². The molecule has 0 bridgehead atoms. The smallest absolute Gasteiger partial charge is 0.434 e. The lowest BCUT2D eigenvalue weighted by Gasteiger charge is -2.30. The van der Waals surface area contributed by atoms with Gasteiger partial charge in [0, 0.05) is 72.6 Å². The molecule has 3 aliphatic rings. The molecule has 0 aliphatic carbocycles. The summed E-state index contributed by atoms with van der Waals surface area (Å²) in [5.41, 5.74) is 0.671. The second-order valence-corrected chi connectivity index (χ2v) is 14.1. The average molecular weight is 717 g/mol. The lowest BCUT2D eigenvalue weighted by Crippen LogP contribution is -2.43. The summed E-state index contributed by atoms with van der Waals surface area (Å²) in [5, 5.41) is 1.34. The molecule has 2 unspecified atom stereocenters. The molecule has 0 N–H and O–H groups in total. The standard InChI is InChI=1S/C41H37F3N7O2/c1-3-30-33(43)10-9-28-6-4-7-31(35(28)30)37-36(44)38-32(21-46-37)39(48-40(47-38)53-25-41-15-5-18-51(41)24-29(42)20-41)49(2)22-27-14-19-50(23-27)34(52)11-8-26-12-16-45-17-13-26/h1,4,6-13,16-17,21-22,27,29H,5,14-15,18-20,23-25H2,2H3/q+1/b11-8+,49-22-/t27?,29-,41?/m1/s1. The summed E-state index contributed by atoms with van der Waals surface area (Å²) < 4.78 is 54.4. The third-order valence-corrected chi connectivity index (χ3v) is 10.7. The van der Waals surface area contributed by atoms with Crippen LogP contribution in [0.4, 0.5) is 19.0 Å². The first-order chi connectivity index (χ1) is 25.7. The number of aromatic nitrogens is 4. The zero-order valence-electron chi connectivity index (χ0n) is 29.2. The van der Waals surface area contributed by atoms with Gasteiger partial charge in [-0.15, -0.1) is 6.42 Å². The summed E-state index contributed by atoms with van der Waals surface area (Å²) >= 11 is 0. The van der Waals surface area contributed by atoms with Crippen LogP contribution in [0.2, 0.25) is 0 Å². The fourth-order valence-corrected chi connectivity index (χ4v) is 8.13. The van der Waals surface area contributed by atoms with Crippen molar-refractivity contribution in [2.24, 2.45) is 5.92 Å². The molecule has 1 amide bonds. The Hall–Kier alpha value is -5.67. The fraction of sp³-hybridized carbons (Fsp3) is 0.317. The summed E-state index contributed by atoms with van der Waals surface area (Å²) in [7, 11) is 1.81. The largest absolute Gasteiger partial charge is 0.443 e. The van der Waals surface area contributed by atoms with Gasteiger partial charge in [-0.3, -0.25) is 19.7 Å². The van der Waals surface area contributed by atoms with E-state index in [0.717, 1.165) is 31.4 Å². The molecule has 3 aliphatic heterocycles. The molecule has 6 heterocycles. The van der Waals surface area contributed by atoms with E-state index in [1.165, 1.54) is 12.3 Å². The first-order valence-corrected chi connectivity index (χ1v) is 17.7. The number of carbonyl (C=O) groups excluding carboxylic acids is 1. The van der Waals surface area contributed by atoms with Gasteiger partial charge in [0.15, 0.2) is 5.82 Å². The number of fused-ring (bicyclic) bond motifs is 3. The number of carbonyl (C=O) groups is 1. The number of amides is 1. The van der Waals surface area contributed by atoms with Crippen LogP contribution in [0.1, 0.15) is 36.8 Å². The molecule has 3 saturated heterocycles. The van der Waals surface area contributed by atoms with E-state index in [-0.39, 0.29) is 41.2 Å². The number of halogens is 3. The highest BCUT2D eigenvalue weighted by atomic mass is 19.1. The van der Waals surface area contributed by atoms with Crippen molar-refractivity contribution in [2.75, 3.05) is 39.8 Å². The van der Waals surface area contributed by atoms with Crippen LogP contribution in [0.15, 0.2) is 67.1 Å². The highest BCUT2D eigenvalue weighted by molar-refractivity contribution is 6.01. The third kappa shape index (κ3) is 6.50. The quantitative estimate of drug-likeness (QED) is 0.0800. The number of ether oxygens (including phenoxy) is 1. The predicted molar refractivity (Wildman–Crippen MR) is 197 cm³/mol. The zero-order valence-corrected chi connectivity index (χ0v) is 29.2. The molecule has 9 nitrogen and oxygen atoms in total. The number of nitrogens with zero attached hydrogens (tertiary/aromatic N) is 7. The van der Waals surface area contributed by atoms with Crippen molar-refractivity contribution in [1.29, 1.82) is 0 Å². The molecule has 8 rings (SSSR count). The SMILES string of the molecule is C#Cc1c(F)ccc2cccc(-c3ncc4c(/[N+](C)=C\C5CCN(C(=O)/C=C/c6ccncc6)C5)nc(OCC56CCCN5C[C@H](F)C6)nc4c3F)c12. The van der Waals surface area contributed by atoms with Crippen LogP contribution in [-0.4, -0.2) is 98.0 Å². The number of rotatable bonds is 8. The van der Waals surface area contributed by atoms with Crippen LogP contribution in [0, 0.1) is 29.9 Å². The molecule has 53 heavy (non-hydrogen) atoms. The second-order valence-electron chi connectivity index (χ2n) is 14.1. The average Bonchev–Trinajstić information content (AvgIpc) is 3.88. The van der Waals surface area contributed by atoms with E-state index in [0.29, 0.717) is 53.6 Å². The number of pyridine rings is 2. The van der Waals surface area contributed by atoms with Crippen LogP contribution >= 0.6 is 0 Å². The summed E-state index contributed by atoms with van der Waals surface area (Å²) in [4.78, 5) is 34.8. The Morgan fingerprint density at radius 1 is 1.13 bits per heavy atom. The maximum absolute atomic E-state index is 16.9. The van der Waals surface area contributed by atoms with E-state index >= 15 is 4.39 Å². The molecule has 0 saturated carbocycles. The first-order valence-electron chi connectivity index (χ1n) is 17.7. The lowest BCUT2D eigenvalue weighted by molar-refractivity contribution is -0.405. The molecule has 12 heteroatoms. The van der Waals surface area contributed by atoms with Crippen molar-refractivity contribution in [3.63, 3.8) is 0 Å². The van der Waals surface area contributed by atoms with E-state index in [9.17, 15) is 13.6 Å². The zero-order chi connectivity index (χ0) is 36.7. The lowest BCUT2D eigenvalue weighted by atomic mass is 9.95. The summed E-state index contributed by atoms with van der Waals surface area (Å²) in [6.45, 7) is 2.38. The monoisotopic (exact) mass is 716 g/mol. The van der Waals surface area contributed by atoms with Crippen molar-refractivity contribution in [3.05, 3.63) is 89.9 Å². The van der Waals surface area contributed by atoms with Gasteiger partial charge in [-0.25, -0.2) is 17.7 Å². The maximum atomic E-state index is 16.9. The third-order valence-electron chi connectivity index (χ3n) is 10.7. The van der Waals surface area contributed by atoms with Crippen molar-refractivity contribution >= 4 is 45.7 Å². The molecule has 3 fully saturated rings. The Labute approximate surface area is 304 Å². The number of benzene rings is 2. The molecular weight excluding hydrogens is 679 g/mol. The summed E-state index contributed by atoms with van der Waals surface area (Å²) in [6, 6.07) is 11.7.